The van der Waals surface area contributed by atoms with Gasteiger partial charge in [0.25, 0.3) is 0 Å². The Morgan fingerprint density at radius 3 is 2.56 bits per heavy atom. The van der Waals surface area contributed by atoms with Crippen molar-refractivity contribution in [1.29, 1.82) is 0 Å². The molecule has 0 saturated heterocycles. The number of carboxylic acid groups (broad SMARTS) is 1. The van der Waals surface area contributed by atoms with Crippen LogP contribution in [0.1, 0.15) is 15.9 Å². The first kappa shape index (κ1) is 13.1. The van der Waals surface area contributed by atoms with Crippen molar-refractivity contribution in [2.45, 2.75) is 16.7 Å². The van der Waals surface area contributed by atoms with Crippen molar-refractivity contribution < 1.29 is 9.90 Å². The van der Waals surface area contributed by atoms with Crippen molar-refractivity contribution in [1.82, 2.24) is 0 Å². The molecule has 0 atom stereocenters. The summed E-state index contributed by atoms with van der Waals surface area (Å²) in [5.41, 5.74) is 1.55. The largest absolute Gasteiger partial charge is 0.478 e. The Labute approximate surface area is 114 Å². The molecule has 0 unspecified atom stereocenters. The van der Waals surface area contributed by atoms with Crippen LogP contribution in [0.4, 0.5) is 0 Å². The zero-order chi connectivity index (χ0) is 13.0. The van der Waals surface area contributed by atoms with Gasteiger partial charge in [-0.2, -0.15) is 0 Å². The van der Waals surface area contributed by atoms with Gasteiger partial charge in [0.15, 0.2) is 0 Å². The topological polar surface area (TPSA) is 37.3 Å². The van der Waals surface area contributed by atoms with Crippen molar-refractivity contribution in [3.63, 3.8) is 0 Å². The quantitative estimate of drug-likeness (QED) is 0.835. The molecule has 0 aliphatic heterocycles. The summed E-state index contributed by atoms with van der Waals surface area (Å²) < 4.78 is 0. The molecule has 2 aromatic rings. The summed E-state index contributed by atoms with van der Waals surface area (Å²) in [5.74, 6) is -0.890. The number of aromatic carboxylic acids is 1. The molecule has 2 rings (SSSR count). The molecule has 0 bridgehead atoms. The lowest BCUT2D eigenvalue weighted by Crippen LogP contribution is -1.94. The molecule has 0 heterocycles. The Morgan fingerprint density at radius 2 is 1.83 bits per heavy atom. The third kappa shape index (κ3) is 3.31. The first-order valence-corrected chi connectivity index (χ1v) is 7.55. The lowest BCUT2D eigenvalue weighted by molar-refractivity contribution is 0.0696. The van der Waals surface area contributed by atoms with Crippen LogP contribution in [0.5, 0.6) is 0 Å². The molecule has 0 saturated carbocycles. The molecule has 0 amide bonds. The second-order valence-corrected chi connectivity index (χ2v) is 6.01. The first-order valence-electron chi connectivity index (χ1n) is 5.40. The van der Waals surface area contributed by atoms with Gasteiger partial charge in [0.1, 0.15) is 0 Å². The van der Waals surface area contributed by atoms with E-state index in [-0.39, 0.29) is 0 Å². The fourth-order valence-electron chi connectivity index (χ4n) is 1.42. The van der Waals surface area contributed by atoms with Gasteiger partial charge in [-0.3, -0.25) is 0 Å². The van der Waals surface area contributed by atoms with E-state index in [1.807, 2.05) is 18.2 Å². The van der Waals surface area contributed by atoms with Crippen molar-refractivity contribution in [2.24, 2.45) is 0 Å². The summed E-state index contributed by atoms with van der Waals surface area (Å²) >= 11 is 0. The highest BCUT2D eigenvalue weighted by Crippen LogP contribution is 2.38. The van der Waals surface area contributed by atoms with Gasteiger partial charge in [0.05, 0.1) is 5.56 Å². The van der Waals surface area contributed by atoms with E-state index in [0.717, 1.165) is 4.90 Å². The number of aryl methyl sites for hydroxylation is 1. The van der Waals surface area contributed by atoms with E-state index < -0.39 is 5.97 Å². The van der Waals surface area contributed by atoms with Crippen molar-refractivity contribution >= 4 is 27.6 Å². The van der Waals surface area contributed by atoms with Gasteiger partial charge in [-0.15, -0.1) is 0 Å². The molecule has 2 aromatic carbocycles. The van der Waals surface area contributed by atoms with E-state index in [0.29, 0.717) is 5.56 Å². The SMILES string of the molecule is Cc1ccccc1SSc1cccc(C(=O)O)c1. The Bertz CT molecular complexity index is 567. The maximum Gasteiger partial charge on any atom is 0.335 e. The smallest absolute Gasteiger partial charge is 0.335 e. The van der Waals surface area contributed by atoms with Crippen LogP contribution in [-0.4, -0.2) is 11.1 Å². The fraction of sp³-hybridized carbons (Fsp3) is 0.0714. The Hall–Kier alpha value is -1.39. The minimum Gasteiger partial charge on any atom is -0.478 e. The molecule has 92 valence electrons. The summed E-state index contributed by atoms with van der Waals surface area (Å²) in [4.78, 5) is 13.0. The predicted octanol–water partition coefficient (Wildman–Crippen LogP) is 4.49. The molecular weight excluding hydrogens is 264 g/mol. The normalized spacial score (nSPS) is 10.3. The first-order chi connectivity index (χ1) is 8.66. The molecule has 1 N–H and O–H groups in total. The van der Waals surface area contributed by atoms with Gasteiger partial charge < -0.3 is 5.11 Å². The Balaban J connectivity index is 2.09. The molecule has 2 nitrogen and oxygen atoms in total. The van der Waals surface area contributed by atoms with Crippen LogP contribution < -0.4 is 0 Å². The zero-order valence-electron chi connectivity index (χ0n) is 9.79. The molecule has 0 aromatic heterocycles. The maximum absolute atomic E-state index is 10.9. The second kappa shape index (κ2) is 5.98. The molecule has 0 spiro atoms. The zero-order valence-corrected chi connectivity index (χ0v) is 11.4. The molecule has 0 aliphatic carbocycles. The number of hydrogen-bond acceptors (Lipinski definition) is 3. The van der Waals surface area contributed by atoms with Crippen LogP contribution in [0.15, 0.2) is 58.3 Å². The third-order valence-corrected chi connectivity index (χ3v) is 4.94. The van der Waals surface area contributed by atoms with Crippen LogP contribution in [0.25, 0.3) is 0 Å². The molecule has 18 heavy (non-hydrogen) atoms. The number of carbonyl (C=O) groups is 1. The van der Waals surface area contributed by atoms with E-state index in [1.165, 1.54) is 10.5 Å². The number of hydrogen-bond donors (Lipinski definition) is 1. The number of carboxylic acids is 1. The molecule has 0 radical (unpaired) electrons. The summed E-state index contributed by atoms with van der Waals surface area (Å²) in [6, 6.07) is 15.1. The van der Waals surface area contributed by atoms with Gasteiger partial charge in [-0.1, -0.05) is 45.9 Å². The molecule has 4 heteroatoms. The average Bonchev–Trinajstić information content (AvgIpc) is 2.38. The average molecular weight is 276 g/mol. The van der Waals surface area contributed by atoms with Crippen molar-refractivity contribution in [3.05, 3.63) is 59.7 Å². The van der Waals surface area contributed by atoms with Gasteiger partial charge in [-0.25, -0.2) is 4.79 Å². The lowest BCUT2D eigenvalue weighted by atomic mass is 10.2. The molecule has 0 aliphatic rings. The van der Waals surface area contributed by atoms with Gasteiger partial charge in [0.2, 0.25) is 0 Å². The van der Waals surface area contributed by atoms with Crippen molar-refractivity contribution in [2.75, 3.05) is 0 Å². The highest BCUT2D eigenvalue weighted by molar-refractivity contribution is 8.76. The highest BCUT2D eigenvalue weighted by atomic mass is 33.1. The van der Waals surface area contributed by atoms with Gasteiger partial charge in [-0.05, 0) is 36.8 Å². The van der Waals surface area contributed by atoms with E-state index in [9.17, 15) is 4.79 Å². The molecule has 0 fully saturated rings. The lowest BCUT2D eigenvalue weighted by Gasteiger charge is -2.04. The number of rotatable bonds is 4. The standard InChI is InChI=1S/C14H12O2S2/c1-10-5-2-3-8-13(10)18-17-12-7-4-6-11(9-12)14(15)16/h2-9H,1H3,(H,15,16). The van der Waals surface area contributed by atoms with E-state index in [2.05, 4.69) is 19.1 Å². The van der Waals surface area contributed by atoms with E-state index in [1.54, 1.807) is 39.8 Å². The van der Waals surface area contributed by atoms with Crippen LogP contribution in [-0.2, 0) is 0 Å². The van der Waals surface area contributed by atoms with Gasteiger partial charge >= 0.3 is 5.97 Å². The van der Waals surface area contributed by atoms with Crippen molar-refractivity contribution in [3.8, 4) is 0 Å². The van der Waals surface area contributed by atoms with Crippen LogP contribution in [0, 0.1) is 6.92 Å². The molecular formula is C14H12O2S2. The minimum absolute atomic E-state index is 0.324. The Morgan fingerprint density at radius 1 is 1.06 bits per heavy atom. The van der Waals surface area contributed by atoms with Crippen LogP contribution >= 0.6 is 21.6 Å². The highest BCUT2D eigenvalue weighted by Gasteiger charge is 2.05. The third-order valence-electron chi connectivity index (χ3n) is 2.40. The summed E-state index contributed by atoms with van der Waals surface area (Å²) in [5, 5.41) is 8.92. The fourth-order valence-corrected chi connectivity index (χ4v) is 3.68. The summed E-state index contributed by atoms with van der Waals surface area (Å²) in [6.45, 7) is 2.07. The van der Waals surface area contributed by atoms with E-state index >= 15 is 0 Å². The summed E-state index contributed by atoms with van der Waals surface area (Å²) in [6.07, 6.45) is 0. The predicted molar refractivity (Wildman–Crippen MR) is 76.3 cm³/mol. The second-order valence-electron chi connectivity index (χ2n) is 3.77. The number of benzene rings is 2. The maximum atomic E-state index is 10.9. The van der Waals surface area contributed by atoms with E-state index in [4.69, 9.17) is 5.11 Å². The monoisotopic (exact) mass is 276 g/mol. The minimum atomic E-state index is -0.890. The Kier molecular flexibility index (Phi) is 4.33. The van der Waals surface area contributed by atoms with Crippen LogP contribution in [0.3, 0.4) is 0 Å². The van der Waals surface area contributed by atoms with Gasteiger partial charge in [0, 0.05) is 9.79 Å². The summed E-state index contributed by atoms with van der Waals surface area (Å²) in [7, 11) is 3.22. The van der Waals surface area contributed by atoms with Crippen LogP contribution in [0.2, 0.25) is 0 Å².